The number of rotatable bonds is 8. The van der Waals surface area contributed by atoms with E-state index in [0.29, 0.717) is 23.7 Å². The SMILES string of the molecule is COc1ccc(S(=O)(=O)NCCCn2nc(C)c(Cl)c2C)c(OC)c1. The van der Waals surface area contributed by atoms with Gasteiger partial charge >= 0.3 is 0 Å². The highest BCUT2D eigenvalue weighted by Gasteiger charge is 2.19. The number of hydrogen-bond acceptors (Lipinski definition) is 5. The first-order chi connectivity index (χ1) is 11.8. The minimum Gasteiger partial charge on any atom is -0.497 e. The van der Waals surface area contributed by atoms with Gasteiger partial charge in [0, 0.05) is 19.2 Å². The number of hydrogen-bond donors (Lipinski definition) is 1. The Hall–Kier alpha value is -1.77. The van der Waals surface area contributed by atoms with Crippen molar-refractivity contribution < 1.29 is 17.9 Å². The van der Waals surface area contributed by atoms with E-state index >= 15 is 0 Å². The third kappa shape index (κ3) is 4.45. The summed E-state index contributed by atoms with van der Waals surface area (Å²) in [6.45, 7) is 4.56. The molecule has 7 nitrogen and oxygen atoms in total. The van der Waals surface area contributed by atoms with Crippen molar-refractivity contribution >= 4 is 21.6 Å². The maximum atomic E-state index is 12.5. The van der Waals surface area contributed by atoms with Crippen LogP contribution in [0.25, 0.3) is 0 Å². The van der Waals surface area contributed by atoms with Gasteiger partial charge < -0.3 is 9.47 Å². The van der Waals surface area contributed by atoms with Crippen molar-refractivity contribution in [2.45, 2.75) is 31.7 Å². The van der Waals surface area contributed by atoms with Crippen molar-refractivity contribution in [3.8, 4) is 11.5 Å². The average molecular weight is 388 g/mol. The first-order valence-electron chi connectivity index (χ1n) is 7.71. The highest BCUT2D eigenvalue weighted by molar-refractivity contribution is 7.89. The van der Waals surface area contributed by atoms with Crippen LogP contribution in [-0.4, -0.2) is 39.0 Å². The summed E-state index contributed by atoms with van der Waals surface area (Å²) in [5, 5.41) is 4.96. The summed E-state index contributed by atoms with van der Waals surface area (Å²) in [5.41, 5.74) is 1.64. The number of nitrogens with one attached hydrogen (secondary N) is 1. The molecule has 0 bridgehead atoms. The van der Waals surface area contributed by atoms with E-state index in [1.807, 2.05) is 13.8 Å². The second kappa shape index (κ2) is 8.07. The van der Waals surface area contributed by atoms with Gasteiger partial charge in [0.1, 0.15) is 16.4 Å². The standard InChI is InChI=1S/C16H22ClN3O4S/c1-11-16(17)12(2)20(19-11)9-5-8-18-25(21,22)15-7-6-13(23-3)10-14(15)24-4/h6-7,10,18H,5,8-9H2,1-4H3. The highest BCUT2D eigenvalue weighted by atomic mass is 35.5. The first-order valence-corrected chi connectivity index (χ1v) is 9.57. The Balaban J connectivity index is 2.01. The van der Waals surface area contributed by atoms with E-state index in [-0.39, 0.29) is 17.2 Å². The Labute approximate surface area is 152 Å². The van der Waals surface area contributed by atoms with Gasteiger partial charge in [0.05, 0.1) is 30.6 Å². The monoisotopic (exact) mass is 387 g/mol. The Morgan fingerprint density at radius 3 is 2.52 bits per heavy atom. The third-order valence-corrected chi connectivity index (χ3v) is 5.84. The van der Waals surface area contributed by atoms with Crippen LogP contribution in [0.2, 0.25) is 5.02 Å². The maximum Gasteiger partial charge on any atom is 0.244 e. The summed E-state index contributed by atoms with van der Waals surface area (Å²) in [6, 6.07) is 4.57. The summed E-state index contributed by atoms with van der Waals surface area (Å²) < 4.78 is 39.5. The predicted molar refractivity (Wildman–Crippen MR) is 96.1 cm³/mol. The molecule has 9 heteroatoms. The smallest absolute Gasteiger partial charge is 0.244 e. The van der Waals surface area contributed by atoms with Crippen LogP contribution in [0, 0.1) is 13.8 Å². The molecule has 0 atom stereocenters. The topological polar surface area (TPSA) is 82.5 Å². The molecule has 0 amide bonds. The van der Waals surface area contributed by atoms with Gasteiger partial charge in [-0.3, -0.25) is 4.68 Å². The molecule has 0 aliphatic carbocycles. The molecule has 0 saturated heterocycles. The lowest BCUT2D eigenvalue weighted by Crippen LogP contribution is -2.26. The zero-order valence-electron chi connectivity index (χ0n) is 14.7. The molecule has 0 saturated carbocycles. The maximum absolute atomic E-state index is 12.5. The van der Waals surface area contributed by atoms with Gasteiger partial charge in [0.2, 0.25) is 10.0 Å². The average Bonchev–Trinajstić information content (AvgIpc) is 2.85. The van der Waals surface area contributed by atoms with E-state index in [1.165, 1.54) is 26.4 Å². The number of ether oxygens (including phenoxy) is 2. The minimum absolute atomic E-state index is 0.0740. The normalized spacial score (nSPS) is 11.6. The first kappa shape index (κ1) is 19.6. The zero-order chi connectivity index (χ0) is 18.6. The molecular weight excluding hydrogens is 366 g/mol. The van der Waals surface area contributed by atoms with Crippen molar-refractivity contribution in [3.05, 3.63) is 34.6 Å². The predicted octanol–water partition coefficient (Wildman–Crippen LogP) is 2.54. The van der Waals surface area contributed by atoms with Gasteiger partial charge in [-0.1, -0.05) is 11.6 Å². The summed E-state index contributed by atoms with van der Waals surface area (Å²) in [4.78, 5) is 0.0740. The lowest BCUT2D eigenvalue weighted by atomic mass is 10.3. The van der Waals surface area contributed by atoms with Crippen LogP contribution < -0.4 is 14.2 Å². The highest BCUT2D eigenvalue weighted by Crippen LogP contribution is 2.28. The van der Waals surface area contributed by atoms with Crippen molar-refractivity contribution in [1.29, 1.82) is 0 Å². The Bertz CT molecular complexity index is 849. The molecule has 0 fully saturated rings. The number of benzene rings is 1. The van der Waals surface area contributed by atoms with Crippen molar-refractivity contribution in [2.75, 3.05) is 20.8 Å². The summed E-state index contributed by atoms with van der Waals surface area (Å²) in [6.07, 6.45) is 0.579. The molecule has 0 spiro atoms. The fraction of sp³-hybridized carbons (Fsp3) is 0.438. The second-order valence-electron chi connectivity index (χ2n) is 5.48. The summed E-state index contributed by atoms with van der Waals surface area (Å²) in [5.74, 6) is 0.759. The number of nitrogens with zero attached hydrogens (tertiary/aromatic N) is 2. The largest absolute Gasteiger partial charge is 0.497 e. The quantitative estimate of drug-likeness (QED) is 0.704. The van der Waals surface area contributed by atoms with Gasteiger partial charge in [0.15, 0.2) is 0 Å². The molecule has 1 aromatic heterocycles. The van der Waals surface area contributed by atoms with Crippen LogP contribution in [0.4, 0.5) is 0 Å². The molecule has 0 unspecified atom stereocenters. The van der Waals surface area contributed by atoms with Crippen LogP contribution in [0.15, 0.2) is 23.1 Å². The van der Waals surface area contributed by atoms with Gasteiger partial charge in [-0.2, -0.15) is 5.10 Å². The van der Waals surface area contributed by atoms with E-state index in [4.69, 9.17) is 21.1 Å². The second-order valence-corrected chi connectivity index (χ2v) is 7.59. The molecule has 25 heavy (non-hydrogen) atoms. The van der Waals surface area contributed by atoms with E-state index in [9.17, 15) is 8.42 Å². The summed E-state index contributed by atoms with van der Waals surface area (Å²) >= 11 is 6.10. The number of methoxy groups -OCH3 is 2. The van der Waals surface area contributed by atoms with E-state index in [0.717, 1.165) is 11.4 Å². The number of halogens is 1. The van der Waals surface area contributed by atoms with Crippen LogP contribution in [0.1, 0.15) is 17.8 Å². The molecule has 0 radical (unpaired) electrons. The van der Waals surface area contributed by atoms with Crippen molar-refractivity contribution in [1.82, 2.24) is 14.5 Å². The van der Waals surface area contributed by atoms with E-state index in [2.05, 4.69) is 9.82 Å². The third-order valence-electron chi connectivity index (χ3n) is 3.79. The number of sulfonamides is 1. The lowest BCUT2D eigenvalue weighted by Gasteiger charge is -2.12. The molecule has 1 aromatic carbocycles. The van der Waals surface area contributed by atoms with Gasteiger partial charge in [-0.15, -0.1) is 0 Å². The lowest BCUT2D eigenvalue weighted by molar-refractivity contribution is 0.386. The zero-order valence-corrected chi connectivity index (χ0v) is 16.2. The van der Waals surface area contributed by atoms with Crippen LogP contribution in [0.5, 0.6) is 11.5 Å². The Morgan fingerprint density at radius 1 is 1.24 bits per heavy atom. The molecule has 2 rings (SSSR count). The van der Waals surface area contributed by atoms with Gasteiger partial charge in [-0.05, 0) is 32.4 Å². The Morgan fingerprint density at radius 2 is 1.96 bits per heavy atom. The summed E-state index contributed by atoms with van der Waals surface area (Å²) in [7, 11) is -0.758. The molecule has 0 aliphatic rings. The molecule has 138 valence electrons. The van der Waals surface area contributed by atoms with Crippen LogP contribution >= 0.6 is 11.6 Å². The molecular formula is C16H22ClN3O4S. The van der Waals surface area contributed by atoms with Crippen LogP contribution in [-0.2, 0) is 16.6 Å². The van der Waals surface area contributed by atoms with Crippen molar-refractivity contribution in [3.63, 3.8) is 0 Å². The number of aryl methyl sites for hydroxylation is 2. The van der Waals surface area contributed by atoms with E-state index < -0.39 is 10.0 Å². The van der Waals surface area contributed by atoms with Gasteiger partial charge in [-0.25, -0.2) is 13.1 Å². The molecule has 1 N–H and O–H groups in total. The fourth-order valence-corrected chi connectivity index (χ4v) is 3.76. The molecule has 1 heterocycles. The molecule has 2 aromatic rings. The van der Waals surface area contributed by atoms with E-state index in [1.54, 1.807) is 10.7 Å². The minimum atomic E-state index is -3.68. The fourth-order valence-electron chi connectivity index (χ4n) is 2.40. The Kier molecular flexibility index (Phi) is 6.31. The van der Waals surface area contributed by atoms with Crippen LogP contribution in [0.3, 0.4) is 0 Å². The number of aromatic nitrogens is 2. The molecule has 0 aliphatic heterocycles. The van der Waals surface area contributed by atoms with Gasteiger partial charge in [0.25, 0.3) is 0 Å². The van der Waals surface area contributed by atoms with Crippen molar-refractivity contribution in [2.24, 2.45) is 0 Å².